The van der Waals surface area contributed by atoms with Gasteiger partial charge in [-0.3, -0.25) is 0 Å². The molecule has 0 heterocycles. The molecule has 1 aromatic rings. The largest absolute Gasteiger partial charge is 0.494 e. The number of benzene rings is 1. The van der Waals surface area contributed by atoms with Gasteiger partial charge in [0.2, 0.25) is 0 Å². The Morgan fingerprint density at radius 2 is 2.11 bits per heavy atom. The first kappa shape index (κ1) is 13.2. The Bertz CT molecular complexity index is 425. The van der Waals surface area contributed by atoms with E-state index >= 15 is 0 Å². The maximum absolute atomic E-state index is 10.9. The smallest absolute Gasteiger partial charge is 0.337 e. The van der Waals surface area contributed by atoms with Crippen molar-refractivity contribution in [1.82, 2.24) is 0 Å². The van der Waals surface area contributed by atoms with Crippen LogP contribution in [0.2, 0.25) is 5.02 Å². The second-order valence-corrected chi connectivity index (χ2v) is 5.14. The number of halogens is 1. The minimum atomic E-state index is -1.03. The van der Waals surface area contributed by atoms with Crippen molar-refractivity contribution in [2.45, 2.75) is 32.1 Å². The van der Waals surface area contributed by atoms with Crippen molar-refractivity contribution in [1.29, 1.82) is 0 Å². The minimum absolute atomic E-state index is 0.0926. The molecule has 1 aliphatic rings. The van der Waals surface area contributed by atoms with E-state index in [0.717, 1.165) is 12.3 Å². The Labute approximate surface area is 112 Å². The Kier molecular flexibility index (Phi) is 4.48. The molecule has 3 nitrogen and oxygen atoms in total. The topological polar surface area (TPSA) is 46.5 Å². The van der Waals surface area contributed by atoms with E-state index in [1.165, 1.54) is 31.7 Å². The molecule has 0 unspecified atom stereocenters. The summed E-state index contributed by atoms with van der Waals surface area (Å²) >= 11 is 5.79. The number of carbonyl (C=O) groups is 1. The van der Waals surface area contributed by atoms with Crippen LogP contribution in [0.25, 0.3) is 0 Å². The molecule has 1 saturated carbocycles. The van der Waals surface area contributed by atoms with E-state index in [9.17, 15) is 4.79 Å². The van der Waals surface area contributed by atoms with Crippen LogP contribution in [0.4, 0.5) is 0 Å². The fraction of sp³-hybridized carbons (Fsp3) is 0.500. The summed E-state index contributed by atoms with van der Waals surface area (Å²) in [6, 6.07) is 4.76. The van der Waals surface area contributed by atoms with Crippen LogP contribution >= 0.6 is 11.6 Å². The van der Waals surface area contributed by atoms with Crippen LogP contribution in [-0.4, -0.2) is 17.7 Å². The van der Waals surface area contributed by atoms with Crippen molar-refractivity contribution < 1.29 is 14.6 Å². The standard InChI is InChI=1S/C14H17ClO3/c15-13-6-5-11(9-12(13)14(16)17)18-8-7-10-3-1-2-4-10/h5-6,9-10H,1-4,7-8H2,(H,16,17). The van der Waals surface area contributed by atoms with E-state index in [-0.39, 0.29) is 10.6 Å². The SMILES string of the molecule is O=C(O)c1cc(OCCC2CCCC2)ccc1Cl. The number of carboxylic acids is 1. The van der Waals surface area contributed by atoms with Crippen molar-refractivity contribution >= 4 is 17.6 Å². The molecule has 0 saturated heterocycles. The van der Waals surface area contributed by atoms with Gasteiger partial charge < -0.3 is 9.84 Å². The lowest BCUT2D eigenvalue weighted by Gasteiger charge is -2.11. The fourth-order valence-corrected chi connectivity index (χ4v) is 2.60. The van der Waals surface area contributed by atoms with E-state index in [2.05, 4.69) is 0 Å². The number of hydrogen-bond acceptors (Lipinski definition) is 2. The normalized spacial score (nSPS) is 15.8. The summed E-state index contributed by atoms with van der Waals surface area (Å²) in [4.78, 5) is 10.9. The Morgan fingerprint density at radius 1 is 1.39 bits per heavy atom. The first-order chi connectivity index (χ1) is 8.66. The third kappa shape index (κ3) is 3.39. The highest BCUT2D eigenvalue weighted by Gasteiger charge is 2.15. The lowest BCUT2D eigenvalue weighted by molar-refractivity contribution is 0.0696. The molecule has 0 amide bonds. The number of rotatable bonds is 5. The summed E-state index contributed by atoms with van der Waals surface area (Å²) in [5, 5.41) is 9.19. The Morgan fingerprint density at radius 3 is 2.78 bits per heavy atom. The van der Waals surface area contributed by atoms with Gasteiger partial charge in [0.25, 0.3) is 0 Å². The van der Waals surface area contributed by atoms with E-state index in [4.69, 9.17) is 21.4 Å². The van der Waals surface area contributed by atoms with Crippen molar-refractivity contribution in [3.63, 3.8) is 0 Å². The van der Waals surface area contributed by atoms with Crippen molar-refractivity contribution in [2.24, 2.45) is 5.92 Å². The van der Waals surface area contributed by atoms with Crippen LogP contribution in [0, 0.1) is 5.92 Å². The van der Waals surface area contributed by atoms with Gasteiger partial charge in [-0.15, -0.1) is 0 Å². The molecule has 98 valence electrons. The van der Waals surface area contributed by atoms with Crippen LogP contribution in [0.15, 0.2) is 18.2 Å². The van der Waals surface area contributed by atoms with Crippen molar-refractivity contribution in [3.05, 3.63) is 28.8 Å². The predicted molar refractivity (Wildman–Crippen MR) is 70.5 cm³/mol. The molecule has 0 aliphatic heterocycles. The van der Waals surface area contributed by atoms with E-state index < -0.39 is 5.97 Å². The van der Waals surface area contributed by atoms with Gasteiger partial charge in [0.1, 0.15) is 5.75 Å². The van der Waals surface area contributed by atoms with Crippen LogP contribution in [0.3, 0.4) is 0 Å². The molecule has 4 heteroatoms. The molecule has 0 radical (unpaired) electrons. The van der Waals surface area contributed by atoms with E-state index in [0.29, 0.717) is 12.4 Å². The molecule has 0 aromatic heterocycles. The van der Waals surface area contributed by atoms with E-state index in [1.54, 1.807) is 12.1 Å². The quantitative estimate of drug-likeness (QED) is 0.878. The maximum Gasteiger partial charge on any atom is 0.337 e. The first-order valence-corrected chi connectivity index (χ1v) is 6.70. The van der Waals surface area contributed by atoms with Crippen molar-refractivity contribution in [2.75, 3.05) is 6.61 Å². The number of ether oxygens (including phenoxy) is 1. The Hall–Kier alpha value is -1.22. The van der Waals surface area contributed by atoms with Gasteiger partial charge in [0.05, 0.1) is 17.2 Å². The van der Waals surface area contributed by atoms with Crippen LogP contribution in [0.1, 0.15) is 42.5 Å². The molecular weight excluding hydrogens is 252 g/mol. The van der Waals surface area contributed by atoms with Crippen molar-refractivity contribution in [3.8, 4) is 5.75 Å². The van der Waals surface area contributed by atoms with Gasteiger partial charge in [-0.25, -0.2) is 4.79 Å². The third-order valence-corrected chi connectivity index (χ3v) is 3.77. The summed E-state index contributed by atoms with van der Waals surface area (Å²) in [6.45, 7) is 0.644. The van der Waals surface area contributed by atoms with Gasteiger partial charge >= 0.3 is 5.97 Å². The average Bonchev–Trinajstić information content (AvgIpc) is 2.84. The van der Waals surface area contributed by atoms with E-state index in [1.807, 2.05) is 0 Å². The van der Waals surface area contributed by atoms with Gasteiger partial charge in [-0.2, -0.15) is 0 Å². The molecule has 18 heavy (non-hydrogen) atoms. The zero-order valence-electron chi connectivity index (χ0n) is 10.2. The van der Waals surface area contributed by atoms with Crippen LogP contribution in [-0.2, 0) is 0 Å². The second-order valence-electron chi connectivity index (χ2n) is 4.73. The molecule has 1 fully saturated rings. The third-order valence-electron chi connectivity index (χ3n) is 3.44. The fourth-order valence-electron chi connectivity index (χ4n) is 2.40. The van der Waals surface area contributed by atoms with Gasteiger partial charge in [-0.1, -0.05) is 37.3 Å². The summed E-state index contributed by atoms with van der Waals surface area (Å²) in [5.74, 6) is 0.326. The van der Waals surface area contributed by atoms with Crippen LogP contribution in [0.5, 0.6) is 5.75 Å². The predicted octanol–water partition coefficient (Wildman–Crippen LogP) is 4.00. The van der Waals surface area contributed by atoms with Gasteiger partial charge in [0, 0.05) is 0 Å². The summed E-state index contributed by atoms with van der Waals surface area (Å²) in [6.07, 6.45) is 6.29. The second kappa shape index (κ2) is 6.10. The lowest BCUT2D eigenvalue weighted by atomic mass is 10.1. The monoisotopic (exact) mass is 268 g/mol. The number of hydrogen-bond donors (Lipinski definition) is 1. The zero-order chi connectivity index (χ0) is 13.0. The van der Waals surface area contributed by atoms with Gasteiger partial charge in [-0.05, 0) is 30.5 Å². The molecule has 0 spiro atoms. The molecule has 1 aromatic carbocycles. The summed E-state index contributed by atoms with van der Waals surface area (Å²) in [7, 11) is 0. The molecule has 0 bridgehead atoms. The highest BCUT2D eigenvalue weighted by Crippen LogP contribution is 2.28. The number of aromatic carboxylic acids is 1. The lowest BCUT2D eigenvalue weighted by Crippen LogP contribution is -2.05. The summed E-state index contributed by atoms with van der Waals surface area (Å²) in [5.41, 5.74) is 0.0926. The molecule has 0 atom stereocenters. The highest BCUT2D eigenvalue weighted by molar-refractivity contribution is 6.33. The Balaban J connectivity index is 1.88. The minimum Gasteiger partial charge on any atom is -0.494 e. The first-order valence-electron chi connectivity index (χ1n) is 6.32. The molecule has 1 aliphatic carbocycles. The average molecular weight is 269 g/mol. The summed E-state index contributed by atoms with van der Waals surface area (Å²) < 4.78 is 5.59. The van der Waals surface area contributed by atoms with Crippen LogP contribution < -0.4 is 4.74 Å². The number of carboxylic acid groups (broad SMARTS) is 1. The molecule has 1 N–H and O–H groups in total. The maximum atomic E-state index is 10.9. The highest BCUT2D eigenvalue weighted by atomic mass is 35.5. The zero-order valence-corrected chi connectivity index (χ0v) is 10.9. The molecular formula is C14H17ClO3. The van der Waals surface area contributed by atoms with Gasteiger partial charge in [0.15, 0.2) is 0 Å². The molecule has 2 rings (SSSR count).